The first-order chi connectivity index (χ1) is 34.9. The van der Waals surface area contributed by atoms with E-state index in [9.17, 15) is 34.8 Å². The fourth-order valence-electron chi connectivity index (χ4n) is 10.8. The Morgan fingerprint density at radius 2 is 1.57 bits per heavy atom. The Morgan fingerprint density at radius 1 is 0.865 bits per heavy atom. The van der Waals surface area contributed by atoms with Crippen LogP contribution in [0.25, 0.3) is 5.57 Å². The molecule has 1 amide bonds. The van der Waals surface area contributed by atoms with Crippen molar-refractivity contribution in [1.29, 1.82) is 0 Å². The summed E-state index contributed by atoms with van der Waals surface area (Å²) < 4.78 is 105. The van der Waals surface area contributed by atoms with Gasteiger partial charge in [0, 0.05) is 117 Å². The summed E-state index contributed by atoms with van der Waals surface area (Å²) in [5, 5.41) is 7.24. The molecule has 1 saturated carbocycles. The highest BCUT2D eigenvalue weighted by atomic mass is 35.5. The number of hydrogen-bond acceptors (Lipinski definition) is 13. The number of nitrogens with zero attached hydrogens (tertiary/aromatic N) is 4. The van der Waals surface area contributed by atoms with Gasteiger partial charge in [0.1, 0.15) is 4.90 Å². The summed E-state index contributed by atoms with van der Waals surface area (Å²) in [6.45, 7) is 14.1. The predicted octanol–water partition coefficient (Wildman–Crippen LogP) is 8.67. The van der Waals surface area contributed by atoms with Crippen molar-refractivity contribution in [3.05, 3.63) is 119 Å². The zero-order valence-corrected chi connectivity index (χ0v) is 45.6. The molecular weight excluding hydrogens is 1050 g/mol. The molecule has 3 heterocycles. The van der Waals surface area contributed by atoms with Crippen LogP contribution in [0.2, 0.25) is 5.02 Å². The normalized spacial score (nSPS) is 21.5. The molecule has 13 nitrogen and oxygen atoms in total. The van der Waals surface area contributed by atoms with Crippen LogP contribution in [-0.2, 0) is 24.6 Å². The van der Waals surface area contributed by atoms with Crippen LogP contribution in [0.4, 0.5) is 24.5 Å². The van der Waals surface area contributed by atoms with E-state index in [0.29, 0.717) is 44.5 Å². The van der Waals surface area contributed by atoms with E-state index >= 15 is 0 Å². The molecule has 2 atom stereocenters. The third-order valence-electron chi connectivity index (χ3n) is 15.1. The van der Waals surface area contributed by atoms with Crippen LogP contribution in [-0.4, -0.2) is 152 Å². The van der Waals surface area contributed by atoms with Crippen LogP contribution >= 0.6 is 35.8 Å². The van der Waals surface area contributed by atoms with Gasteiger partial charge in [-0.1, -0.05) is 54.4 Å². The molecular formula is C53H66Cl2F3N7O6S3. The van der Waals surface area contributed by atoms with E-state index in [0.717, 1.165) is 125 Å². The molecule has 1 unspecified atom stereocenters. The number of halogens is 5. The number of sulfone groups is 1. The number of rotatable bonds is 18. The minimum absolute atomic E-state index is 0. The lowest BCUT2D eigenvalue weighted by Gasteiger charge is -2.43. The summed E-state index contributed by atoms with van der Waals surface area (Å²) in [7, 11) is -10.9. The second-order valence-corrected chi connectivity index (χ2v) is 25.6. The van der Waals surface area contributed by atoms with Gasteiger partial charge in [0.25, 0.3) is 25.8 Å². The Morgan fingerprint density at radius 3 is 2.24 bits per heavy atom. The molecule has 402 valence electrons. The van der Waals surface area contributed by atoms with Crippen molar-refractivity contribution in [3.8, 4) is 0 Å². The Hall–Kier alpha value is -3.89. The van der Waals surface area contributed by atoms with E-state index in [2.05, 4.69) is 49.3 Å². The topological polar surface area (TPSA) is 144 Å². The molecule has 0 bridgehead atoms. The molecule has 3 saturated heterocycles. The Bertz CT molecular complexity index is 2830. The van der Waals surface area contributed by atoms with Crippen LogP contribution in [0, 0.1) is 5.41 Å². The number of amides is 1. The molecule has 3 N–H and O–H groups in total. The maximum absolute atomic E-state index is 14.3. The van der Waals surface area contributed by atoms with Crippen molar-refractivity contribution in [2.75, 3.05) is 108 Å². The number of sulfonamides is 1. The van der Waals surface area contributed by atoms with E-state index in [-0.39, 0.29) is 34.6 Å². The van der Waals surface area contributed by atoms with Crippen LogP contribution in [0.3, 0.4) is 0 Å². The van der Waals surface area contributed by atoms with Gasteiger partial charge in [0.15, 0.2) is 0 Å². The molecule has 4 aromatic carbocycles. The third kappa shape index (κ3) is 13.6. The first-order valence-electron chi connectivity index (χ1n) is 25.2. The van der Waals surface area contributed by atoms with E-state index < -0.39 is 47.1 Å². The first kappa shape index (κ1) is 56.3. The number of morpholine rings is 1. The largest absolute Gasteiger partial charge is 0.501 e. The highest BCUT2D eigenvalue weighted by Crippen LogP contribution is 2.45. The Kier molecular flexibility index (Phi) is 18.1. The molecule has 74 heavy (non-hydrogen) atoms. The quantitative estimate of drug-likeness (QED) is 0.0819. The zero-order valence-electron chi connectivity index (χ0n) is 41.5. The van der Waals surface area contributed by atoms with E-state index in [1.54, 1.807) is 12.1 Å². The number of ether oxygens (including phenoxy) is 1. The number of piperazine rings is 2. The molecule has 1 spiro atoms. The average molecular weight is 1120 g/mol. The van der Waals surface area contributed by atoms with Gasteiger partial charge in [0.2, 0.25) is 0 Å². The SMILES string of the molecule is C[C@@]1(CN2CCNCC2)CCC(c2ccc(Cl)cc2)=C(CN2CCN(c3ccc(C(=O)NS(=O)(=O)c4ccc(NC(CCN5CCOCC56CC6)CSc5ccccc5)c(S(=O)(=O)C(F)(F)F)c4)cc3)CC2)C1.Cl. The molecule has 0 radical (unpaired) electrons. The van der Waals surface area contributed by atoms with Crippen LogP contribution in [0.5, 0.6) is 0 Å². The van der Waals surface area contributed by atoms with E-state index in [4.69, 9.17) is 16.3 Å². The van der Waals surface area contributed by atoms with Gasteiger partial charge in [-0.15, -0.1) is 24.2 Å². The standard InChI is InChI=1S/C53H65ClF3N7O6S3.ClH/c1-51(37-62-25-22-58-23-26-62)19-17-47(39-7-11-42(54)12-8-39)41(34-51)35-61-27-29-63(30-28-61)44-13-9-40(10-14-44)50(65)60-73(68,69)46-15-16-48(49(33-46)72(66,67)53(55,56)57)59-43(36-71-45-5-3-2-4-6-45)18-24-64-31-32-70-38-52(64)20-21-52;/h2-16,33,43,58-59H,17-32,34-38H2,1H3,(H,60,65);1H/t43?,51-;/m1./s1. The zero-order chi connectivity index (χ0) is 51.4. The second-order valence-electron chi connectivity index (χ2n) is 20.5. The van der Waals surface area contributed by atoms with Crippen molar-refractivity contribution in [2.24, 2.45) is 5.41 Å². The number of carbonyl (C=O) groups is 1. The fourth-order valence-corrected chi connectivity index (χ4v) is 13.9. The van der Waals surface area contributed by atoms with Crippen molar-refractivity contribution >= 4 is 78.5 Å². The number of nitrogens with one attached hydrogen (secondary N) is 3. The lowest BCUT2D eigenvalue weighted by molar-refractivity contribution is -0.0435. The number of hydrogen-bond donors (Lipinski definition) is 3. The summed E-state index contributed by atoms with van der Waals surface area (Å²) in [6, 6.07) is 26.1. The van der Waals surface area contributed by atoms with E-state index in [1.165, 1.54) is 40.6 Å². The number of alkyl halides is 3. The molecule has 5 aliphatic rings. The average Bonchev–Trinajstić information content (AvgIpc) is 4.15. The third-order valence-corrected chi connectivity index (χ3v) is 19.4. The smallest absolute Gasteiger partial charge is 0.380 e. The van der Waals surface area contributed by atoms with Crippen molar-refractivity contribution in [1.82, 2.24) is 24.7 Å². The van der Waals surface area contributed by atoms with Crippen molar-refractivity contribution in [3.63, 3.8) is 0 Å². The number of anilines is 2. The highest BCUT2D eigenvalue weighted by Gasteiger charge is 2.50. The Labute approximate surface area is 449 Å². The van der Waals surface area contributed by atoms with Crippen LogP contribution < -0.4 is 20.3 Å². The summed E-state index contributed by atoms with van der Waals surface area (Å²) in [5.41, 5.74) is -1.05. The lowest BCUT2D eigenvalue weighted by atomic mass is 9.71. The number of carbonyl (C=O) groups excluding carboxylic acids is 1. The maximum Gasteiger partial charge on any atom is 0.501 e. The molecule has 0 aromatic heterocycles. The molecule has 3 aliphatic heterocycles. The van der Waals surface area contributed by atoms with Crippen molar-refractivity contribution in [2.45, 2.75) is 77.2 Å². The summed E-state index contributed by atoms with van der Waals surface area (Å²) in [6.07, 6.45) is 5.59. The predicted molar refractivity (Wildman–Crippen MR) is 290 cm³/mol. The van der Waals surface area contributed by atoms with Crippen LogP contribution in [0.15, 0.2) is 117 Å². The lowest BCUT2D eigenvalue weighted by Crippen LogP contribution is -2.49. The van der Waals surface area contributed by atoms with Gasteiger partial charge < -0.3 is 25.2 Å². The van der Waals surface area contributed by atoms with Gasteiger partial charge in [0.05, 0.1) is 23.8 Å². The number of allylic oxidation sites excluding steroid dienone is 1. The van der Waals surface area contributed by atoms with Crippen molar-refractivity contribution < 1.29 is 39.5 Å². The summed E-state index contributed by atoms with van der Waals surface area (Å²) >= 11 is 7.76. The van der Waals surface area contributed by atoms with Crippen LogP contribution in [0.1, 0.15) is 61.4 Å². The summed E-state index contributed by atoms with van der Waals surface area (Å²) in [5.74, 6) is -0.644. The van der Waals surface area contributed by atoms with Gasteiger partial charge >= 0.3 is 5.51 Å². The van der Waals surface area contributed by atoms with Gasteiger partial charge in [-0.2, -0.15) is 13.2 Å². The van der Waals surface area contributed by atoms with Gasteiger partial charge in [-0.25, -0.2) is 21.6 Å². The fraction of sp³-hybridized carbons (Fsp3) is 0.491. The van der Waals surface area contributed by atoms with Gasteiger partial charge in [-0.3, -0.25) is 14.6 Å². The molecule has 4 aromatic rings. The number of benzene rings is 4. The van der Waals surface area contributed by atoms with E-state index in [1.807, 2.05) is 47.2 Å². The minimum Gasteiger partial charge on any atom is -0.380 e. The monoisotopic (exact) mass is 1120 g/mol. The maximum atomic E-state index is 14.3. The molecule has 4 fully saturated rings. The molecule has 2 aliphatic carbocycles. The van der Waals surface area contributed by atoms with Gasteiger partial charge in [-0.05, 0) is 122 Å². The highest BCUT2D eigenvalue weighted by molar-refractivity contribution is 7.99. The molecule has 21 heteroatoms. The second kappa shape index (κ2) is 23.8. The molecule has 9 rings (SSSR count). The first-order valence-corrected chi connectivity index (χ1v) is 29.5. The Balaban J connectivity index is 0.00000729. The summed E-state index contributed by atoms with van der Waals surface area (Å²) in [4.78, 5) is 22.0. The minimum atomic E-state index is -6.07. The number of thioether (sulfide) groups is 1.